The molecule has 3 aliphatic heterocycles. The first-order chi connectivity index (χ1) is 20.3. The molecule has 16 heteroatoms. The fraction of sp³-hybridized carbons (Fsp3) is 0.481. The van der Waals surface area contributed by atoms with Crippen LogP contribution in [-0.4, -0.2) is 124 Å². The largest absolute Gasteiger partial charge is 0.508 e. The van der Waals surface area contributed by atoms with E-state index in [1.54, 1.807) is 0 Å². The normalized spacial score (nSPS) is 35.9. The van der Waals surface area contributed by atoms with Gasteiger partial charge in [-0.2, -0.15) is 0 Å². The number of fused-ring (bicyclic) bond motifs is 1. The zero-order chi connectivity index (χ0) is 31.3. The Morgan fingerprint density at radius 2 is 1.33 bits per heavy atom. The second-order valence-electron chi connectivity index (χ2n) is 10.5. The Bertz CT molecular complexity index is 1340. The fourth-order valence-corrected chi connectivity index (χ4v) is 4.97. The molecule has 43 heavy (non-hydrogen) atoms. The lowest BCUT2D eigenvalue weighted by Crippen LogP contribution is -2.61. The molecule has 11 atom stereocenters. The van der Waals surface area contributed by atoms with Crippen LogP contribution in [0.4, 0.5) is 0 Å². The summed E-state index contributed by atoms with van der Waals surface area (Å²) in [6.07, 6.45) is -15.7. The Hall–Kier alpha value is -3.58. The van der Waals surface area contributed by atoms with Crippen molar-refractivity contribution in [3.05, 3.63) is 41.2 Å². The van der Waals surface area contributed by atoms with Crippen LogP contribution in [0.2, 0.25) is 0 Å². The molecule has 3 heterocycles. The van der Waals surface area contributed by atoms with Crippen LogP contribution in [0.1, 0.15) is 24.2 Å². The van der Waals surface area contributed by atoms with E-state index in [0.717, 1.165) is 18.2 Å². The minimum Gasteiger partial charge on any atom is -0.508 e. The Morgan fingerprint density at radius 3 is 2.00 bits per heavy atom. The minimum absolute atomic E-state index is 0.0107. The number of phenols is 5. The second-order valence-corrected chi connectivity index (χ2v) is 10.5. The van der Waals surface area contributed by atoms with Gasteiger partial charge in [0.15, 0.2) is 29.6 Å². The zero-order valence-electron chi connectivity index (χ0n) is 22.4. The fourth-order valence-electron chi connectivity index (χ4n) is 4.97. The number of hydrogen-bond donors (Lipinski definition) is 11. The molecule has 2 aromatic carbocycles. The van der Waals surface area contributed by atoms with Gasteiger partial charge in [0.05, 0.1) is 18.3 Å². The molecule has 0 radical (unpaired) electrons. The molecule has 0 spiro atoms. The minimum atomic E-state index is -1.86. The van der Waals surface area contributed by atoms with Gasteiger partial charge in [-0.25, -0.2) is 0 Å². The van der Waals surface area contributed by atoms with Crippen LogP contribution in [0.25, 0.3) is 6.08 Å². The first kappa shape index (κ1) is 30.9. The van der Waals surface area contributed by atoms with E-state index in [1.165, 1.54) is 19.1 Å². The molecule has 1 unspecified atom stereocenters. The monoisotopic (exact) mass is 612 g/mol. The predicted molar refractivity (Wildman–Crippen MR) is 139 cm³/mol. The summed E-state index contributed by atoms with van der Waals surface area (Å²) in [7, 11) is 0. The molecule has 5 rings (SSSR count). The molecule has 2 aromatic rings. The van der Waals surface area contributed by atoms with E-state index >= 15 is 0 Å². The van der Waals surface area contributed by atoms with E-state index in [4.69, 9.17) is 23.7 Å². The third kappa shape index (κ3) is 5.84. The van der Waals surface area contributed by atoms with Gasteiger partial charge in [0.25, 0.3) is 0 Å². The summed E-state index contributed by atoms with van der Waals surface area (Å²) >= 11 is 0. The lowest BCUT2D eigenvalue weighted by atomic mass is 9.98. The number of ether oxygens (including phenoxy) is 5. The summed E-state index contributed by atoms with van der Waals surface area (Å²) in [5, 5.41) is 112. The molecule has 2 fully saturated rings. The number of benzene rings is 2. The van der Waals surface area contributed by atoms with Crippen molar-refractivity contribution in [3.63, 3.8) is 0 Å². The molecule has 236 valence electrons. The van der Waals surface area contributed by atoms with Gasteiger partial charge in [0, 0.05) is 17.7 Å². The Kier molecular flexibility index (Phi) is 8.50. The lowest BCUT2D eigenvalue weighted by Gasteiger charge is -2.43. The van der Waals surface area contributed by atoms with Gasteiger partial charge in [-0.15, -0.1) is 0 Å². The van der Waals surface area contributed by atoms with Crippen LogP contribution in [-0.2, 0) is 18.9 Å². The number of hydrogen-bond acceptors (Lipinski definition) is 16. The first-order valence-electron chi connectivity index (χ1n) is 13.1. The average molecular weight is 613 g/mol. The average Bonchev–Trinajstić information content (AvgIpc) is 2.96. The van der Waals surface area contributed by atoms with Crippen molar-refractivity contribution in [1.82, 2.24) is 0 Å². The number of aliphatic hydroxyl groups excluding tert-OH is 6. The van der Waals surface area contributed by atoms with Crippen molar-refractivity contribution < 1.29 is 79.9 Å². The maximum Gasteiger partial charge on any atom is 0.228 e. The molecule has 0 bridgehead atoms. The first-order valence-corrected chi connectivity index (χ1v) is 13.1. The van der Waals surface area contributed by atoms with Crippen LogP contribution >= 0.6 is 0 Å². The number of aliphatic hydroxyl groups is 6. The van der Waals surface area contributed by atoms with E-state index in [9.17, 15) is 56.2 Å². The molecule has 0 saturated carbocycles. The molecule has 0 amide bonds. The highest BCUT2D eigenvalue weighted by Gasteiger charge is 2.48. The molecule has 0 aliphatic carbocycles. The van der Waals surface area contributed by atoms with Crippen LogP contribution in [0.5, 0.6) is 34.5 Å². The Labute approximate surface area is 243 Å². The molecular weight excluding hydrogens is 580 g/mol. The highest BCUT2D eigenvalue weighted by molar-refractivity contribution is 5.70. The quantitative estimate of drug-likeness (QED) is 0.163. The van der Waals surface area contributed by atoms with Gasteiger partial charge >= 0.3 is 0 Å². The van der Waals surface area contributed by atoms with Crippen LogP contribution < -0.4 is 4.74 Å². The zero-order valence-corrected chi connectivity index (χ0v) is 22.4. The summed E-state index contributed by atoms with van der Waals surface area (Å²) in [5.41, 5.74) is 0.0388. The summed E-state index contributed by atoms with van der Waals surface area (Å²) in [6, 6.07) is 4.28. The van der Waals surface area contributed by atoms with Gasteiger partial charge in [-0.1, -0.05) is 0 Å². The molecule has 0 aromatic heterocycles. The van der Waals surface area contributed by atoms with Gasteiger partial charge in [0.2, 0.25) is 6.29 Å². The predicted octanol–water partition coefficient (Wildman–Crippen LogP) is -1.64. The standard InChI is InChI=1S/C27H32O16/c1-8-18(32)21(35)23(37)26(40-8)39-7-17-20(34)22(36)24(38)27(43-17)42-16-6-11-12(29)4-10(28)5-15(11)41-25(16)9-2-13(30)19(33)14(31)3-9/h2-6,8,17-18,20-38H,7H2,1H3/t8-,17+,18-,20+,21+,22-,23+,24+,25?,26+,27+/m0/s1. The third-order valence-electron chi connectivity index (χ3n) is 7.44. The van der Waals surface area contributed by atoms with Gasteiger partial charge < -0.3 is 79.9 Å². The lowest BCUT2D eigenvalue weighted by molar-refractivity contribution is -0.324. The second kappa shape index (κ2) is 11.8. The van der Waals surface area contributed by atoms with Gasteiger partial charge in [-0.05, 0) is 25.1 Å². The highest BCUT2D eigenvalue weighted by Crippen LogP contribution is 2.47. The number of phenolic OH excluding ortho intramolecular Hbond substituents is 5. The van der Waals surface area contributed by atoms with E-state index in [-0.39, 0.29) is 28.4 Å². The highest BCUT2D eigenvalue weighted by atomic mass is 16.7. The van der Waals surface area contributed by atoms with Crippen LogP contribution in [0.15, 0.2) is 30.0 Å². The summed E-state index contributed by atoms with van der Waals surface area (Å²) < 4.78 is 28.2. The van der Waals surface area contributed by atoms with E-state index in [2.05, 4.69) is 0 Å². The van der Waals surface area contributed by atoms with Crippen molar-refractivity contribution in [3.8, 4) is 34.5 Å². The molecular formula is C27H32O16. The number of aromatic hydroxyl groups is 5. The maximum absolute atomic E-state index is 10.7. The van der Waals surface area contributed by atoms with Crippen molar-refractivity contribution in [2.45, 2.75) is 74.4 Å². The topological polar surface area (TPSA) is 269 Å². The molecule has 3 aliphatic rings. The van der Waals surface area contributed by atoms with Gasteiger partial charge in [0.1, 0.15) is 65.7 Å². The Morgan fingerprint density at radius 1 is 0.698 bits per heavy atom. The number of rotatable bonds is 6. The summed E-state index contributed by atoms with van der Waals surface area (Å²) in [6.45, 7) is 0.886. The molecule has 16 nitrogen and oxygen atoms in total. The Balaban J connectivity index is 1.41. The van der Waals surface area contributed by atoms with Crippen molar-refractivity contribution in [2.75, 3.05) is 6.61 Å². The van der Waals surface area contributed by atoms with Crippen LogP contribution in [0, 0.1) is 0 Å². The smallest absolute Gasteiger partial charge is 0.228 e. The summed E-state index contributed by atoms with van der Waals surface area (Å²) in [4.78, 5) is 0. The van der Waals surface area contributed by atoms with E-state index in [1.807, 2.05) is 0 Å². The SMILES string of the molecule is C[C@@H]1O[C@@H](OC[C@H]2O[C@@H](OC3=Cc4c(O)cc(O)cc4OC3c3cc(O)c(O)c(O)c3)[C@H](O)[C@@H](O)[C@@H]2O)[C@H](O)[C@H](O)[C@H]1O. The third-order valence-corrected chi connectivity index (χ3v) is 7.44. The van der Waals surface area contributed by atoms with E-state index in [0.29, 0.717) is 0 Å². The molecule has 2 saturated heterocycles. The van der Waals surface area contributed by atoms with Gasteiger partial charge in [-0.3, -0.25) is 0 Å². The molecule has 11 N–H and O–H groups in total. The van der Waals surface area contributed by atoms with Crippen molar-refractivity contribution in [2.24, 2.45) is 0 Å². The summed E-state index contributed by atoms with van der Waals surface area (Å²) in [5.74, 6) is -3.26. The van der Waals surface area contributed by atoms with Crippen molar-refractivity contribution >= 4 is 6.08 Å². The van der Waals surface area contributed by atoms with Crippen LogP contribution in [0.3, 0.4) is 0 Å². The maximum atomic E-state index is 10.7. The van der Waals surface area contributed by atoms with Crippen molar-refractivity contribution in [1.29, 1.82) is 0 Å². The van der Waals surface area contributed by atoms with E-state index < -0.39 is 97.1 Å².